The summed E-state index contributed by atoms with van der Waals surface area (Å²) in [4.78, 5) is 33.9. The summed E-state index contributed by atoms with van der Waals surface area (Å²) in [6.45, 7) is 6.87. The monoisotopic (exact) mass is 449 g/mol. The van der Waals surface area contributed by atoms with Gasteiger partial charge in [-0.15, -0.1) is 11.8 Å². The molecule has 1 atom stereocenters. The average molecular weight is 450 g/mol. The summed E-state index contributed by atoms with van der Waals surface area (Å²) in [5.74, 6) is 1.63. The molecule has 1 aromatic heterocycles. The molecule has 172 valence electrons. The van der Waals surface area contributed by atoms with E-state index in [-0.39, 0.29) is 24.0 Å². The van der Waals surface area contributed by atoms with Crippen molar-refractivity contribution in [3.8, 4) is 0 Å². The number of rotatable bonds is 8. The molecule has 2 aliphatic rings. The smallest absolute Gasteiger partial charge is 0.305 e. The van der Waals surface area contributed by atoms with E-state index >= 15 is 0 Å². The van der Waals surface area contributed by atoms with Gasteiger partial charge in [-0.05, 0) is 50.0 Å². The minimum atomic E-state index is -0.156. The molecule has 1 aromatic rings. The van der Waals surface area contributed by atoms with E-state index in [1.54, 1.807) is 11.8 Å². The lowest BCUT2D eigenvalue weighted by molar-refractivity contribution is -0.149. The number of hydrogen-bond donors (Lipinski definition) is 0. The summed E-state index contributed by atoms with van der Waals surface area (Å²) in [6, 6.07) is 4.06. The van der Waals surface area contributed by atoms with E-state index in [1.165, 1.54) is 0 Å². The van der Waals surface area contributed by atoms with Crippen LogP contribution < -0.4 is 4.90 Å². The third-order valence-electron chi connectivity index (χ3n) is 5.87. The van der Waals surface area contributed by atoms with Gasteiger partial charge in [0, 0.05) is 39.3 Å². The van der Waals surface area contributed by atoms with Crippen LogP contribution in [0.3, 0.4) is 0 Å². The van der Waals surface area contributed by atoms with Crippen LogP contribution in [0.15, 0.2) is 17.2 Å². The van der Waals surface area contributed by atoms with Crippen LogP contribution in [0.2, 0.25) is 0 Å². The molecule has 2 saturated heterocycles. The highest BCUT2D eigenvalue weighted by Gasteiger charge is 2.28. The Bertz CT molecular complexity index is 754. The average Bonchev–Trinajstić information content (AvgIpc) is 2.82. The highest BCUT2D eigenvalue weighted by Crippen LogP contribution is 2.29. The number of esters is 1. The number of aromatic nitrogens is 1. The van der Waals surface area contributed by atoms with Crippen molar-refractivity contribution in [2.45, 2.75) is 69.5 Å². The summed E-state index contributed by atoms with van der Waals surface area (Å²) < 4.78 is 11.0. The Morgan fingerprint density at radius 1 is 1.26 bits per heavy atom. The van der Waals surface area contributed by atoms with Crippen LogP contribution in [-0.2, 0) is 14.3 Å². The zero-order chi connectivity index (χ0) is 22.2. The second-order valence-electron chi connectivity index (χ2n) is 8.18. The second-order valence-corrected chi connectivity index (χ2v) is 9.27. The number of nitrogens with zero attached hydrogens (tertiary/aromatic N) is 3. The quantitative estimate of drug-likeness (QED) is 0.442. The van der Waals surface area contributed by atoms with Crippen LogP contribution in [0.4, 0.5) is 5.82 Å². The molecule has 0 spiro atoms. The third-order valence-corrected chi connectivity index (χ3v) is 7.06. The zero-order valence-electron chi connectivity index (χ0n) is 19.0. The van der Waals surface area contributed by atoms with Gasteiger partial charge in [0.05, 0.1) is 12.1 Å². The molecule has 2 fully saturated rings. The van der Waals surface area contributed by atoms with E-state index in [0.717, 1.165) is 55.2 Å². The molecule has 3 heterocycles. The van der Waals surface area contributed by atoms with Crippen molar-refractivity contribution in [3.63, 3.8) is 0 Å². The molecule has 0 bridgehead atoms. The number of amides is 1. The number of anilines is 1. The van der Waals surface area contributed by atoms with Crippen LogP contribution in [0.5, 0.6) is 0 Å². The summed E-state index contributed by atoms with van der Waals surface area (Å²) >= 11 is 1.64. The van der Waals surface area contributed by atoms with E-state index in [2.05, 4.69) is 11.8 Å². The van der Waals surface area contributed by atoms with E-state index < -0.39 is 0 Å². The maximum atomic E-state index is 13.3. The molecule has 3 rings (SSSR count). The van der Waals surface area contributed by atoms with Crippen LogP contribution in [0, 0.1) is 0 Å². The number of carbonyl (C=O) groups is 2. The topological polar surface area (TPSA) is 72.0 Å². The first kappa shape index (κ1) is 23.9. The fraction of sp³-hybridized carbons (Fsp3) is 0.696. The molecule has 2 aliphatic heterocycles. The first-order chi connectivity index (χ1) is 15.0. The van der Waals surface area contributed by atoms with Gasteiger partial charge in [-0.3, -0.25) is 9.59 Å². The van der Waals surface area contributed by atoms with Crippen molar-refractivity contribution in [3.05, 3.63) is 17.7 Å². The first-order valence-corrected chi connectivity index (χ1v) is 12.4. The molecular formula is C23H35N3O4S. The highest BCUT2D eigenvalue weighted by molar-refractivity contribution is 7.99. The zero-order valence-corrected chi connectivity index (χ0v) is 19.8. The van der Waals surface area contributed by atoms with Crippen molar-refractivity contribution >= 4 is 29.5 Å². The molecule has 1 amide bonds. The van der Waals surface area contributed by atoms with Gasteiger partial charge >= 0.3 is 5.97 Å². The summed E-state index contributed by atoms with van der Waals surface area (Å²) in [7, 11) is 1.89. The molecule has 0 radical (unpaired) electrons. The fourth-order valence-electron chi connectivity index (χ4n) is 4.02. The number of hydrogen-bond acceptors (Lipinski definition) is 7. The van der Waals surface area contributed by atoms with E-state index in [0.29, 0.717) is 31.7 Å². The van der Waals surface area contributed by atoms with Gasteiger partial charge in [-0.1, -0.05) is 13.8 Å². The van der Waals surface area contributed by atoms with Gasteiger partial charge < -0.3 is 19.3 Å². The summed E-state index contributed by atoms with van der Waals surface area (Å²) in [5, 5.41) is 0.788. The van der Waals surface area contributed by atoms with Gasteiger partial charge in [-0.25, -0.2) is 4.98 Å². The highest BCUT2D eigenvalue weighted by atomic mass is 32.2. The van der Waals surface area contributed by atoms with Gasteiger partial charge in [0.1, 0.15) is 16.9 Å². The largest absolute Gasteiger partial charge is 0.460 e. The Balaban J connectivity index is 1.77. The lowest BCUT2D eigenvalue weighted by Crippen LogP contribution is -2.42. The van der Waals surface area contributed by atoms with E-state index in [9.17, 15) is 9.59 Å². The van der Waals surface area contributed by atoms with Crippen molar-refractivity contribution in [1.82, 2.24) is 9.88 Å². The summed E-state index contributed by atoms with van der Waals surface area (Å²) in [5.41, 5.74) is 0.669. The molecular weight excluding hydrogens is 414 g/mol. The van der Waals surface area contributed by atoms with Gasteiger partial charge in [0.25, 0.3) is 5.91 Å². The van der Waals surface area contributed by atoms with Crippen molar-refractivity contribution in [1.29, 1.82) is 0 Å². The molecule has 31 heavy (non-hydrogen) atoms. The number of piperidine rings is 1. The Hall–Kier alpha value is -1.80. The maximum Gasteiger partial charge on any atom is 0.305 e. The standard InChI is InChI=1S/C23H35N3O4S/c1-4-15-31-22-19(23(28)25(3)17-10-13-29-14-11-17)8-9-20(24-22)26-12-6-7-18(16-26)30-21(27)5-2/h8-9,17-18H,4-7,10-16H2,1-3H3/t18-/m0/s1. The predicted octanol–water partition coefficient (Wildman–Crippen LogP) is 3.76. The Morgan fingerprint density at radius 2 is 2.03 bits per heavy atom. The summed E-state index contributed by atoms with van der Waals surface area (Å²) in [6.07, 6.45) is 4.88. The van der Waals surface area contributed by atoms with E-state index in [1.807, 2.05) is 31.0 Å². The van der Waals surface area contributed by atoms with Crippen LogP contribution in [0.1, 0.15) is 62.7 Å². The number of ether oxygens (including phenoxy) is 2. The third kappa shape index (κ3) is 6.35. The van der Waals surface area contributed by atoms with Gasteiger partial charge in [-0.2, -0.15) is 0 Å². The Labute approximate surface area is 189 Å². The fourth-order valence-corrected chi connectivity index (χ4v) is 4.88. The van der Waals surface area contributed by atoms with Crippen LogP contribution in [-0.4, -0.2) is 73.0 Å². The second kappa shape index (κ2) is 11.7. The molecule has 0 unspecified atom stereocenters. The first-order valence-electron chi connectivity index (χ1n) is 11.5. The molecule has 0 saturated carbocycles. The Morgan fingerprint density at radius 3 is 2.74 bits per heavy atom. The number of thioether (sulfide) groups is 1. The maximum absolute atomic E-state index is 13.3. The molecule has 7 nitrogen and oxygen atoms in total. The van der Waals surface area contributed by atoms with E-state index in [4.69, 9.17) is 14.5 Å². The lowest BCUT2D eigenvalue weighted by atomic mass is 10.1. The minimum Gasteiger partial charge on any atom is -0.460 e. The number of carbonyl (C=O) groups excluding carboxylic acids is 2. The number of pyridine rings is 1. The van der Waals surface area contributed by atoms with Crippen LogP contribution in [0.25, 0.3) is 0 Å². The lowest BCUT2D eigenvalue weighted by Gasteiger charge is -2.34. The van der Waals surface area contributed by atoms with Crippen molar-refractivity contribution in [2.24, 2.45) is 0 Å². The molecule has 0 aromatic carbocycles. The van der Waals surface area contributed by atoms with Crippen molar-refractivity contribution in [2.75, 3.05) is 44.0 Å². The predicted molar refractivity (Wildman–Crippen MR) is 123 cm³/mol. The minimum absolute atomic E-state index is 0.0259. The molecule has 0 N–H and O–H groups in total. The van der Waals surface area contributed by atoms with Crippen molar-refractivity contribution < 1.29 is 19.1 Å². The normalized spacial score (nSPS) is 19.8. The van der Waals surface area contributed by atoms with Gasteiger partial charge in [0.15, 0.2) is 0 Å². The SMILES string of the molecule is CCCSc1nc(N2CCC[C@H](OC(=O)CC)C2)ccc1C(=O)N(C)C1CCOCC1. The molecule has 0 aliphatic carbocycles. The Kier molecular flexibility index (Phi) is 9.02. The van der Waals surface area contributed by atoms with Crippen LogP contribution >= 0.6 is 11.8 Å². The molecule has 8 heteroatoms. The van der Waals surface area contributed by atoms with Gasteiger partial charge in [0.2, 0.25) is 0 Å².